The Labute approximate surface area is 119 Å². The normalized spacial score (nSPS) is 35.3. The quantitative estimate of drug-likeness (QED) is 0.639. The van der Waals surface area contributed by atoms with E-state index in [2.05, 4.69) is 0 Å². The summed E-state index contributed by atoms with van der Waals surface area (Å²) in [5, 5.41) is 38.9. The molecule has 0 bridgehead atoms. The first-order valence-corrected chi connectivity index (χ1v) is 7.01. The number of benzene rings is 1. The van der Waals surface area contributed by atoms with Gasteiger partial charge in [-0.15, -0.1) is 0 Å². The summed E-state index contributed by atoms with van der Waals surface area (Å²) in [6.07, 6.45) is -4.81. The van der Waals surface area contributed by atoms with Gasteiger partial charge in [0.2, 0.25) is 0 Å². The molecule has 4 N–H and O–H groups in total. The maximum Gasteiger partial charge on any atom is 0.136 e. The number of rotatable bonds is 3. The fourth-order valence-corrected chi connectivity index (χ4v) is 3.00. The Morgan fingerprint density at radius 1 is 1.05 bits per heavy atom. The molecule has 0 aliphatic carbocycles. The van der Waals surface area contributed by atoms with E-state index >= 15 is 0 Å². The molecule has 0 radical (unpaired) electrons. The molecule has 19 heavy (non-hydrogen) atoms. The fourth-order valence-electron chi connectivity index (χ4n) is 1.81. The number of aliphatic hydroxyl groups excluding tert-OH is 4. The molecule has 0 amide bonds. The molecule has 106 valence electrons. The molecule has 0 saturated carbocycles. The molecule has 1 aromatic carbocycles. The lowest BCUT2D eigenvalue weighted by Crippen LogP contribution is -2.57. The standard InChI is InChI=1S/C12H15ClO5S/c13-6-1-3-7(4-2-6)19-12-11(17)10(16)9(15)8(5-14)18-12/h1-4,8-12,14-17H,5H2/t8-,9-,10+,11-,12+/m1/s1. The van der Waals surface area contributed by atoms with E-state index in [-0.39, 0.29) is 0 Å². The Morgan fingerprint density at radius 3 is 2.26 bits per heavy atom. The van der Waals surface area contributed by atoms with Crippen LogP contribution in [0.25, 0.3) is 0 Å². The van der Waals surface area contributed by atoms with E-state index < -0.39 is 36.5 Å². The smallest absolute Gasteiger partial charge is 0.136 e. The molecule has 7 heteroatoms. The second-order valence-electron chi connectivity index (χ2n) is 4.27. The zero-order valence-electron chi connectivity index (χ0n) is 9.89. The molecule has 1 heterocycles. The number of thioether (sulfide) groups is 1. The Bertz CT molecular complexity index is 413. The van der Waals surface area contributed by atoms with Gasteiger partial charge in [0.05, 0.1) is 6.61 Å². The van der Waals surface area contributed by atoms with E-state index in [9.17, 15) is 15.3 Å². The van der Waals surface area contributed by atoms with Crippen LogP contribution in [0.3, 0.4) is 0 Å². The first-order chi connectivity index (χ1) is 9.02. The Balaban J connectivity index is 2.08. The van der Waals surface area contributed by atoms with Gasteiger partial charge in [0.1, 0.15) is 29.9 Å². The summed E-state index contributed by atoms with van der Waals surface area (Å²) in [6.45, 7) is -0.428. The van der Waals surface area contributed by atoms with Gasteiger partial charge in [0, 0.05) is 9.92 Å². The van der Waals surface area contributed by atoms with Crippen molar-refractivity contribution in [1.29, 1.82) is 0 Å². The van der Waals surface area contributed by atoms with Gasteiger partial charge in [-0.25, -0.2) is 0 Å². The SMILES string of the molecule is OC[C@H]1O[C@@H](Sc2ccc(Cl)cc2)[C@H](O)[C@@H](O)[C@@H]1O. The van der Waals surface area contributed by atoms with E-state index in [1.165, 1.54) is 11.8 Å². The van der Waals surface area contributed by atoms with Crippen molar-refractivity contribution in [3.8, 4) is 0 Å². The van der Waals surface area contributed by atoms with Crippen molar-refractivity contribution in [2.24, 2.45) is 0 Å². The first kappa shape index (κ1) is 15.1. The van der Waals surface area contributed by atoms with Crippen molar-refractivity contribution in [2.75, 3.05) is 6.61 Å². The molecule has 1 fully saturated rings. The highest BCUT2D eigenvalue weighted by Crippen LogP contribution is 2.33. The summed E-state index contributed by atoms with van der Waals surface area (Å²) in [6, 6.07) is 6.92. The highest BCUT2D eigenvalue weighted by atomic mass is 35.5. The van der Waals surface area contributed by atoms with Gasteiger partial charge in [-0.3, -0.25) is 0 Å². The molecule has 0 spiro atoms. The predicted octanol–water partition coefficient (Wildman–Crippen LogP) is 0.232. The van der Waals surface area contributed by atoms with Gasteiger partial charge in [-0.1, -0.05) is 23.4 Å². The van der Waals surface area contributed by atoms with Crippen LogP contribution < -0.4 is 0 Å². The molecule has 5 nitrogen and oxygen atoms in total. The van der Waals surface area contributed by atoms with Crippen molar-refractivity contribution in [3.63, 3.8) is 0 Å². The van der Waals surface area contributed by atoms with E-state index in [0.717, 1.165) is 4.90 Å². The minimum Gasteiger partial charge on any atom is -0.394 e. The molecule has 0 unspecified atom stereocenters. The molecular formula is C12H15ClO5S. The van der Waals surface area contributed by atoms with E-state index in [1.807, 2.05) is 0 Å². The van der Waals surface area contributed by atoms with Crippen LogP contribution in [0.2, 0.25) is 5.02 Å². The number of hydrogen-bond acceptors (Lipinski definition) is 6. The number of ether oxygens (including phenoxy) is 1. The lowest BCUT2D eigenvalue weighted by molar-refractivity contribution is -0.205. The van der Waals surface area contributed by atoms with Crippen LogP contribution in [0.5, 0.6) is 0 Å². The molecule has 1 aliphatic heterocycles. The summed E-state index contributed by atoms with van der Waals surface area (Å²) in [7, 11) is 0. The average Bonchev–Trinajstić information content (AvgIpc) is 2.42. The highest BCUT2D eigenvalue weighted by molar-refractivity contribution is 7.99. The minimum atomic E-state index is -1.35. The van der Waals surface area contributed by atoms with Crippen molar-refractivity contribution in [2.45, 2.75) is 34.7 Å². The topological polar surface area (TPSA) is 90.2 Å². The third-order valence-electron chi connectivity index (χ3n) is 2.91. The summed E-state index contributed by atoms with van der Waals surface area (Å²) in [5.41, 5.74) is -0.767. The first-order valence-electron chi connectivity index (χ1n) is 5.75. The van der Waals surface area contributed by atoms with E-state index in [1.54, 1.807) is 24.3 Å². The van der Waals surface area contributed by atoms with E-state index in [4.69, 9.17) is 21.4 Å². The van der Waals surface area contributed by atoms with Gasteiger partial charge in [-0.05, 0) is 24.3 Å². The summed E-state index contributed by atoms with van der Waals surface area (Å²) >= 11 is 6.97. The lowest BCUT2D eigenvalue weighted by Gasteiger charge is -2.39. The second kappa shape index (κ2) is 6.41. The monoisotopic (exact) mass is 306 g/mol. The maximum absolute atomic E-state index is 9.87. The summed E-state index contributed by atoms with van der Waals surface area (Å²) in [5.74, 6) is 0. The zero-order valence-corrected chi connectivity index (χ0v) is 11.5. The lowest BCUT2D eigenvalue weighted by atomic mass is 10.0. The number of hydrogen-bond donors (Lipinski definition) is 4. The number of halogens is 1. The number of aliphatic hydroxyl groups is 4. The molecule has 1 saturated heterocycles. The molecular weight excluding hydrogens is 292 g/mol. The van der Waals surface area contributed by atoms with Crippen molar-refractivity contribution >= 4 is 23.4 Å². The van der Waals surface area contributed by atoms with Crippen LogP contribution in [0.15, 0.2) is 29.2 Å². The third kappa shape index (κ3) is 3.41. The fraction of sp³-hybridized carbons (Fsp3) is 0.500. The van der Waals surface area contributed by atoms with Gasteiger partial charge < -0.3 is 25.2 Å². The second-order valence-corrected chi connectivity index (χ2v) is 5.88. The van der Waals surface area contributed by atoms with Crippen molar-refractivity contribution in [1.82, 2.24) is 0 Å². The Kier molecular flexibility index (Phi) is 5.08. The predicted molar refractivity (Wildman–Crippen MR) is 71.1 cm³/mol. The average molecular weight is 307 g/mol. The van der Waals surface area contributed by atoms with Crippen molar-refractivity contribution < 1.29 is 25.2 Å². The summed E-state index contributed by atoms with van der Waals surface area (Å²) in [4.78, 5) is 0.800. The van der Waals surface area contributed by atoms with Crippen LogP contribution in [-0.4, -0.2) is 56.9 Å². The zero-order chi connectivity index (χ0) is 14.0. The summed E-state index contributed by atoms with van der Waals surface area (Å²) < 4.78 is 5.38. The maximum atomic E-state index is 9.87. The van der Waals surface area contributed by atoms with E-state index in [0.29, 0.717) is 5.02 Å². The largest absolute Gasteiger partial charge is 0.394 e. The molecule has 2 rings (SSSR count). The molecule has 0 aromatic heterocycles. The van der Waals surface area contributed by atoms with Crippen LogP contribution in [-0.2, 0) is 4.74 Å². The van der Waals surface area contributed by atoms with Gasteiger partial charge >= 0.3 is 0 Å². The Morgan fingerprint density at radius 2 is 1.68 bits per heavy atom. The van der Waals surface area contributed by atoms with Crippen molar-refractivity contribution in [3.05, 3.63) is 29.3 Å². The van der Waals surface area contributed by atoms with Gasteiger partial charge in [-0.2, -0.15) is 0 Å². The Hall–Kier alpha value is -0.340. The van der Waals surface area contributed by atoms with Crippen LogP contribution in [0.1, 0.15) is 0 Å². The van der Waals surface area contributed by atoms with Crippen LogP contribution >= 0.6 is 23.4 Å². The minimum absolute atomic E-state index is 0.428. The third-order valence-corrected chi connectivity index (χ3v) is 4.33. The molecule has 1 aliphatic rings. The highest BCUT2D eigenvalue weighted by Gasteiger charge is 2.43. The van der Waals surface area contributed by atoms with Crippen LogP contribution in [0, 0.1) is 0 Å². The molecule has 5 atom stereocenters. The van der Waals surface area contributed by atoms with Gasteiger partial charge in [0.15, 0.2) is 0 Å². The molecule has 1 aromatic rings. The van der Waals surface area contributed by atoms with Gasteiger partial charge in [0.25, 0.3) is 0 Å². The van der Waals surface area contributed by atoms with Crippen LogP contribution in [0.4, 0.5) is 0 Å².